The maximum atomic E-state index is 14.5. The molecular formula is C29H27ClN2O5S. The maximum absolute atomic E-state index is 14.5. The molecular weight excluding hydrogens is 524 g/mol. The van der Waals surface area contributed by atoms with Crippen LogP contribution in [-0.4, -0.2) is 63.6 Å². The Morgan fingerprint density at radius 3 is 2.55 bits per heavy atom. The monoisotopic (exact) mass is 550 g/mol. The summed E-state index contributed by atoms with van der Waals surface area (Å²) in [5, 5.41) is 10.8. The Morgan fingerprint density at radius 2 is 1.82 bits per heavy atom. The van der Waals surface area contributed by atoms with Crippen molar-refractivity contribution in [2.45, 2.75) is 28.5 Å². The zero-order valence-electron chi connectivity index (χ0n) is 20.5. The number of rotatable bonds is 4. The molecule has 2 fully saturated rings. The number of halogens is 1. The van der Waals surface area contributed by atoms with Crippen LogP contribution in [0.4, 0.5) is 5.69 Å². The van der Waals surface area contributed by atoms with Crippen molar-refractivity contribution in [3.05, 3.63) is 89.5 Å². The van der Waals surface area contributed by atoms with Crippen LogP contribution in [0.15, 0.2) is 78.9 Å². The number of benzene rings is 2. The van der Waals surface area contributed by atoms with Crippen LogP contribution in [0.1, 0.15) is 18.0 Å². The van der Waals surface area contributed by atoms with Gasteiger partial charge in [0, 0.05) is 22.5 Å². The normalized spacial score (nSPS) is 31.2. The summed E-state index contributed by atoms with van der Waals surface area (Å²) in [5.74, 6) is -2.53. The number of esters is 1. The highest BCUT2D eigenvalue weighted by molar-refractivity contribution is 8.02. The summed E-state index contributed by atoms with van der Waals surface area (Å²) in [7, 11) is 0. The number of hydrogen-bond donors (Lipinski definition) is 1. The number of fused-ring (bicyclic) bond motifs is 2. The summed E-state index contributed by atoms with van der Waals surface area (Å²) in [6.07, 6.45) is 8.43. The second kappa shape index (κ2) is 9.91. The molecule has 6 atom stereocenters. The van der Waals surface area contributed by atoms with Crippen LogP contribution in [0.3, 0.4) is 0 Å². The van der Waals surface area contributed by atoms with Crippen LogP contribution in [0.5, 0.6) is 0 Å². The van der Waals surface area contributed by atoms with Gasteiger partial charge in [0.2, 0.25) is 5.91 Å². The van der Waals surface area contributed by atoms with Gasteiger partial charge in [0.15, 0.2) is 0 Å². The van der Waals surface area contributed by atoms with E-state index in [1.54, 1.807) is 29.2 Å². The topological polar surface area (TPSA) is 87.2 Å². The van der Waals surface area contributed by atoms with Crippen LogP contribution in [0, 0.1) is 11.8 Å². The van der Waals surface area contributed by atoms with Gasteiger partial charge >= 0.3 is 5.97 Å². The van der Waals surface area contributed by atoms with Crippen molar-refractivity contribution in [3.8, 4) is 0 Å². The standard InChI is InChI=1S/C29H27ClN2O5S/c30-19-10-12-20(13-11-19)31-15-6-14-29-24(23-22(38-29)9-4-5-16-37-28(23)36)26(34)32(25(29)27(31)35)21(17-33)18-7-2-1-3-8-18/h1-4,6-14,21-25,33H,5,15-17H2/t21-,22-,23+,24+,25?,29+/m1/s1. The molecule has 0 aliphatic carbocycles. The number of likely N-dealkylation sites (tertiary alicyclic amines) is 1. The zero-order valence-corrected chi connectivity index (χ0v) is 22.1. The average Bonchev–Trinajstić information content (AvgIpc) is 3.30. The molecule has 6 rings (SSSR count). The van der Waals surface area contributed by atoms with Gasteiger partial charge < -0.3 is 19.6 Å². The van der Waals surface area contributed by atoms with Gasteiger partial charge in [-0.1, -0.05) is 66.2 Å². The number of hydrogen-bond acceptors (Lipinski definition) is 6. The van der Waals surface area contributed by atoms with E-state index in [1.165, 1.54) is 16.7 Å². The molecule has 0 saturated carbocycles. The van der Waals surface area contributed by atoms with Gasteiger partial charge in [0.25, 0.3) is 5.91 Å². The first kappa shape index (κ1) is 25.2. The van der Waals surface area contributed by atoms with E-state index in [-0.39, 0.29) is 30.3 Å². The second-order valence-corrected chi connectivity index (χ2v) is 11.8. The van der Waals surface area contributed by atoms with E-state index >= 15 is 0 Å². The van der Waals surface area contributed by atoms with Gasteiger partial charge in [0.05, 0.1) is 35.8 Å². The first-order chi connectivity index (χ1) is 18.5. The number of anilines is 1. The fourth-order valence-corrected chi connectivity index (χ4v) is 8.38. The SMILES string of the molecule is O=C1OCCC=C[C@H]2S[C@]34C=CCN(c5ccc(Cl)cc5)C(=O)C3N([C@H](CO)c3ccccc3)C(=O)[C@@H]4[C@@H]12. The number of aliphatic hydroxyl groups is 1. The lowest BCUT2D eigenvalue weighted by Gasteiger charge is -2.38. The molecule has 2 saturated heterocycles. The molecule has 2 aromatic rings. The minimum atomic E-state index is -0.999. The molecule has 38 heavy (non-hydrogen) atoms. The molecule has 0 aromatic heterocycles. The van der Waals surface area contributed by atoms with Crippen LogP contribution < -0.4 is 4.90 Å². The molecule has 2 amide bonds. The van der Waals surface area contributed by atoms with Crippen molar-refractivity contribution < 1.29 is 24.2 Å². The number of cyclic esters (lactones) is 1. The van der Waals surface area contributed by atoms with E-state index in [9.17, 15) is 19.5 Å². The molecule has 0 radical (unpaired) electrons. The van der Waals surface area contributed by atoms with Crippen LogP contribution in [0.25, 0.3) is 0 Å². The van der Waals surface area contributed by atoms with E-state index < -0.39 is 34.6 Å². The summed E-state index contributed by atoms with van der Waals surface area (Å²) in [6, 6.07) is 14.5. The maximum Gasteiger partial charge on any atom is 0.311 e. The molecule has 7 nitrogen and oxygen atoms in total. The number of carbonyl (C=O) groups excluding carboxylic acids is 3. The number of nitrogens with zero attached hydrogens (tertiary/aromatic N) is 2. The highest BCUT2D eigenvalue weighted by Gasteiger charge is 2.71. The first-order valence-electron chi connectivity index (χ1n) is 12.7. The van der Waals surface area contributed by atoms with Crippen LogP contribution in [0.2, 0.25) is 5.02 Å². The third-order valence-electron chi connectivity index (χ3n) is 7.89. The van der Waals surface area contributed by atoms with E-state index in [1.807, 2.05) is 54.6 Å². The van der Waals surface area contributed by atoms with Crippen molar-refractivity contribution in [1.82, 2.24) is 4.90 Å². The van der Waals surface area contributed by atoms with Crippen molar-refractivity contribution in [2.75, 3.05) is 24.7 Å². The molecule has 1 N–H and O–H groups in total. The Balaban J connectivity index is 1.51. The molecule has 9 heteroatoms. The van der Waals surface area contributed by atoms with Gasteiger partial charge in [-0.05, 0) is 36.2 Å². The largest absolute Gasteiger partial charge is 0.465 e. The van der Waals surface area contributed by atoms with Crippen molar-refractivity contribution in [1.29, 1.82) is 0 Å². The first-order valence-corrected chi connectivity index (χ1v) is 14.0. The van der Waals surface area contributed by atoms with Gasteiger partial charge in [-0.3, -0.25) is 14.4 Å². The third-order valence-corrected chi connectivity index (χ3v) is 9.89. The fraction of sp³-hybridized carbons (Fsp3) is 0.345. The number of thioether (sulfide) groups is 1. The Bertz CT molecular complexity index is 1320. The fourth-order valence-electron chi connectivity index (χ4n) is 6.26. The average molecular weight is 551 g/mol. The van der Waals surface area contributed by atoms with Crippen LogP contribution in [-0.2, 0) is 19.1 Å². The minimum absolute atomic E-state index is 0.257. The predicted octanol–water partition coefficient (Wildman–Crippen LogP) is 3.78. The summed E-state index contributed by atoms with van der Waals surface area (Å²) in [6.45, 7) is 0.196. The summed E-state index contributed by atoms with van der Waals surface area (Å²) >= 11 is 7.59. The minimum Gasteiger partial charge on any atom is -0.465 e. The molecule has 4 heterocycles. The Kier molecular flexibility index (Phi) is 6.58. The highest BCUT2D eigenvalue weighted by Crippen LogP contribution is 2.62. The number of amides is 2. The molecule has 1 spiro atoms. The van der Waals surface area contributed by atoms with Crippen LogP contribution >= 0.6 is 23.4 Å². The van der Waals surface area contributed by atoms with Crippen molar-refractivity contribution in [2.24, 2.45) is 11.8 Å². The highest BCUT2D eigenvalue weighted by atomic mass is 35.5. The smallest absolute Gasteiger partial charge is 0.311 e. The second-order valence-electron chi connectivity index (χ2n) is 9.91. The third kappa shape index (κ3) is 3.89. The van der Waals surface area contributed by atoms with Gasteiger partial charge in [-0.25, -0.2) is 0 Å². The van der Waals surface area contributed by atoms with Gasteiger partial charge in [-0.2, -0.15) is 0 Å². The Labute approximate surface area is 230 Å². The molecule has 4 aliphatic heterocycles. The van der Waals surface area contributed by atoms with Crippen molar-refractivity contribution in [3.63, 3.8) is 0 Å². The Hall–Kier alpha value is -3.07. The van der Waals surface area contributed by atoms with E-state index in [4.69, 9.17) is 16.3 Å². The number of ether oxygens (including phenoxy) is 1. The van der Waals surface area contributed by atoms with Gasteiger partial charge in [0.1, 0.15) is 6.04 Å². The molecule has 0 bridgehead atoms. The number of carbonyl (C=O) groups is 3. The Morgan fingerprint density at radius 1 is 1.05 bits per heavy atom. The lowest BCUT2D eigenvalue weighted by Crippen LogP contribution is -2.54. The van der Waals surface area contributed by atoms with E-state index in [0.29, 0.717) is 23.7 Å². The van der Waals surface area contributed by atoms with E-state index in [2.05, 4.69) is 0 Å². The zero-order chi connectivity index (χ0) is 26.4. The molecule has 196 valence electrons. The molecule has 1 unspecified atom stereocenters. The summed E-state index contributed by atoms with van der Waals surface area (Å²) in [4.78, 5) is 45.4. The van der Waals surface area contributed by atoms with Crippen molar-refractivity contribution >= 4 is 46.8 Å². The number of aliphatic hydroxyl groups excluding tert-OH is 1. The lowest BCUT2D eigenvalue weighted by molar-refractivity contribution is -0.153. The summed E-state index contributed by atoms with van der Waals surface area (Å²) < 4.78 is 4.54. The molecule has 4 aliphatic rings. The quantitative estimate of drug-likeness (QED) is 0.460. The molecule has 2 aromatic carbocycles. The van der Waals surface area contributed by atoms with E-state index in [0.717, 1.165) is 5.56 Å². The van der Waals surface area contributed by atoms with Gasteiger partial charge in [-0.15, -0.1) is 11.8 Å². The predicted molar refractivity (Wildman–Crippen MR) is 146 cm³/mol. The summed E-state index contributed by atoms with van der Waals surface area (Å²) in [5.41, 5.74) is 1.38. The lowest BCUT2D eigenvalue weighted by atomic mass is 9.78.